The summed E-state index contributed by atoms with van der Waals surface area (Å²) in [5, 5.41) is 11.6. The van der Waals surface area contributed by atoms with Crippen LogP contribution in [-0.2, 0) is 27.9 Å². The quantitative estimate of drug-likeness (QED) is 0.683. The molecule has 0 spiro atoms. The van der Waals surface area contributed by atoms with Gasteiger partial charge in [0.1, 0.15) is 0 Å². The van der Waals surface area contributed by atoms with Crippen molar-refractivity contribution in [3.8, 4) is 0 Å². The fourth-order valence-corrected chi connectivity index (χ4v) is 3.73. The van der Waals surface area contributed by atoms with E-state index in [-0.39, 0.29) is 6.04 Å². The van der Waals surface area contributed by atoms with Crippen LogP contribution in [0.3, 0.4) is 0 Å². The molecule has 0 saturated carbocycles. The Kier molecular flexibility index (Phi) is 8.21. The van der Waals surface area contributed by atoms with Crippen molar-refractivity contribution in [1.29, 1.82) is 0 Å². The highest BCUT2D eigenvalue weighted by molar-refractivity contribution is 7.88. The monoisotopic (exact) mass is 462 g/mol. The van der Waals surface area contributed by atoms with Crippen molar-refractivity contribution >= 4 is 16.0 Å². The fraction of sp³-hybridized carbons (Fsp3) is 0.474. The molecule has 2 N–H and O–H groups in total. The van der Waals surface area contributed by atoms with E-state index in [2.05, 4.69) is 45.9 Å². The van der Waals surface area contributed by atoms with Crippen LogP contribution in [-0.4, -0.2) is 59.7 Å². The molecule has 1 aliphatic rings. The summed E-state index contributed by atoms with van der Waals surface area (Å²) in [6.07, 6.45) is -1.34. The first kappa shape index (κ1) is 24.8. The third-order valence-corrected chi connectivity index (χ3v) is 5.42. The second kappa shape index (κ2) is 10.2. The number of nitrogens with one attached hydrogen (secondary N) is 1. The highest BCUT2D eigenvalue weighted by atomic mass is 32.2. The Morgan fingerprint density at radius 2 is 1.94 bits per heavy atom. The first-order valence-corrected chi connectivity index (χ1v) is 11.3. The fourth-order valence-electron chi connectivity index (χ4n) is 3.24. The van der Waals surface area contributed by atoms with E-state index in [1.165, 1.54) is 23.1 Å². The lowest BCUT2D eigenvalue weighted by Gasteiger charge is -2.34. The first-order chi connectivity index (χ1) is 14.4. The number of carboxylic acid groups (broad SMARTS) is 1. The number of carbonyl (C=O) groups is 1. The van der Waals surface area contributed by atoms with Crippen molar-refractivity contribution in [2.75, 3.05) is 19.3 Å². The minimum absolute atomic E-state index is 0.182. The van der Waals surface area contributed by atoms with Crippen LogP contribution in [0.4, 0.5) is 13.2 Å². The number of rotatable bonds is 6. The number of fused-ring (bicyclic) bond motifs is 1. The van der Waals surface area contributed by atoms with E-state index in [4.69, 9.17) is 9.90 Å². The Morgan fingerprint density at radius 3 is 2.52 bits per heavy atom. The van der Waals surface area contributed by atoms with E-state index in [0.717, 1.165) is 26.1 Å². The Morgan fingerprint density at radius 1 is 1.29 bits per heavy atom. The first-order valence-electron chi connectivity index (χ1n) is 9.41. The van der Waals surface area contributed by atoms with Crippen LogP contribution in [0.1, 0.15) is 29.3 Å². The number of halogens is 3. The lowest BCUT2D eigenvalue weighted by Crippen LogP contribution is -2.39. The van der Waals surface area contributed by atoms with Gasteiger partial charge >= 0.3 is 12.1 Å². The number of sulfonamides is 1. The molecule has 2 heterocycles. The third kappa shape index (κ3) is 7.96. The van der Waals surface area contributed by atoms with Crippen molar-refractivity contribution in [3.05, 3.63) is 53.3 Å². The average molecular weight is 462 g/mol. The van der Waals surface area contributed by atoms with Gasteiger partial charge in [0.05, 0.1) is 18.0 Å². The van der Waals surface area contributed by atoms with Gasteiger partial charge in [0, 0.05) is 32.4 Å². The molecule has 8 nitrogen and oxygen atoms in total. The zero-order chi connectivity index (χ0) is 23.2. The third-order valence-electron chi connectivity index (χ3n) is 4.69. The topological polar surface area (TPSA) is 105 Å². The normalized spacial score (nSPS) is 16.9. The van der Waals surface area contributed by atoms with Crippen molar-refractivity contribution < 1.29 is 31.5 Å². The number of hydrogen-bond acceptors (Lipinski definition) is 5. The zero-order valence-corrected chi connectivity index (χ0v) is 17.9. The van der Waals surface area contributed by atoms with Gasteiger partial charge < -0.3 is 5.11 Å². The predicted molar refractivity (Wildman–Crippen MR) is 108 cm³/mol. The molecule has 1 atom stereocenters. The maximum absolute atomic E-state index is 11.3. The molecule has 0 bridgehead atoms. The van der Waals surface area contributed by atoms with Gasteiger partial charge in [0.2, 0.25) is 10.0 Å². The van der Waals surface area contributed by atoms with Gasteiger partial charge in [-0.25, -0.2) is 17.9 Å². The Hall–Kier alpha value is -2.44. The number of aryl methyl sites for hydroxylation is 1. The smallest absolute Gasteiger partial charge is 0.475 e. The van der Waals surface area contributed by atoms with Crippen LogP contribution >= 0.6 is 0 Å². The maximum atomic E-state index is 11.3. The van der Waals surface area contributed by atoms with Crippen molar-refractivity contribution in [2.24, 2.45) is 0 Å². The molecule has 31 heavy (non-hydrogen) atoms. The summed E-state index contributed by atoms with van der Waals surface area (Å²) < 4.78 is 58.9. The van der Waals surface area contributed by atoms with Crippen molar-refractivity contribution in [2.45, 2.75) is 38.7 Å². The Bertz CT molecular complexity index is 992. The van der Waals surface area contributed by atoms with Crippen LogP contribution in [0.2, 0.25) is 0 Å². The molecule has 0 aliphatic carbocycles. The van der Waals surface area contributed by atoms with Crippen molar-refractivity contribution in [1.82, 2.24) is 19.4 Å². The summed E-state index contributed by atoms with van der Waals surface area (Å²) in [5.41, 5.74) is 3.81. The van der Waals surface area contributed by atoms with E-state index < -0.39 is 22.2 Å². The summed E-state index contributed by atoms with van der Waals surface area (Å²) in [4.78, 5) is 11.3. The Labute approximate surface area is 178 Å². The molecule has 3 rings (SSSR count). The van der Waals surface area contributed by atoms with E-state index in [1.807, 2.05) is 16.9 Å². The van der Waals surface area contributed by atoms with E-state index in [9.17, 15) is 21.6 Å². The lowest BCUT2D eigenvalue weighted by molar-refractivity contribution is -0.192. The van der Waals surface area contributed by atoms with Crippen molar-refractivity contribution in [3.63, 3.8) is 0 Å². The summed E-state index contributed by atoms with van der Waals surface area (Å²) >= 11 is 0. The number of alkyl halides is 3. The van der Waals surface area contributed by atoms with Gasteiger partial charge in [0.15, 0.2) is 0 Å². The summed E-state index contributed by atoms with van der Waals surface area (Å²) in [6.45, 7) is 5.20. The summed E-state index contributed by atoms with van der Waals surface area (Å²) in [7, 11) is -3.15. The molecule has 0 amide bonds. The number of aromatic nitrogens is 2. The second-order valence-electron chi connectivity index (χ2n) is 7.28. The molecule has 1 aromatic carbocycles. The van der Waals surface area contributed by atoms with Gasteiger partial charge in [0.25, 0.3) is 0 Å². The van der Waals surface area contributed by atoms with E-state index in [0.29, 0.717) is 6.54 Å². The molecular formula is C19H25F3N4O4S. The SMILES string of the molecule is Cc1ccccc1CN1Cc2ccnn2C(CCNS(C)(=O)=O)C1.O=C(O)C(F)(F)F. The minimum atomic E-state index is -5.08. The van der Waals surface area contributed by atoms with Gasteiger partial charge in [-0.2, -0.15) is 18.3 Å². The number of benzene rings is 1. The Balaban J connectivity index is 0.000000423. The highest BCUT2D eigenvalue weighted by Gasteiger charge is 2.38. The highest BCUT2D eigenvalue weighted by Crippen LogP contribution is 2.24. The predicted octanol–water partition coefficient (Wildman–Crippen LogP) is 2.32. The number of nitrogens with zero attached hydrogens (tertiary/aromatic N) is 3. The van der Waals surface area contributed by atoms with Crippen LogP contribution in [0, 0.1) is 6.92 Å². The molecule has 0 fully saturated rings. The summed E-state index contributed by atoms with van der Waals surface area (Å²) in [5.74, 6) is -2.76. The molecular weight excluding hydrogens is 437 g/mol. The van der Waals surface area contributed by atoms with Crippen LogP contribution in [0.25, 0.3) is 0 Å². The largest absolute Gasteiger partial charge is 0.490 e. The van der Waals surface area contributed by atoms with Gasteiger partial charge in [-0.15, -0.1) is 0 Å². The van der Waals surface area contributed by atoms with Crippen LogP contribution < -0.4 is 4.72 Å². The number of carboxylic acids is 1. The minimum Gasteiger partial charge on any atom is -0.475 e. The molecule has 172 valence electrons. The molecule has 2 aromatic rings. The second-order valence-corrected chi connectivity index (χ2v) is 9.11. The molecule has 12 heteroatoms. The molecule has 1 aromatic heterocycles. The summed E-state index contributed by atoms with van der Waals surface area (Å²) in [6, 6.07) is 10.7. The van der Waals surface area contributed by atoms with E-state index in [1.54, 1.807) is 0 Å². The van der Waals surface area contributed by atoms with Crippen LogP contribution in [0.5, 0.6) is 0 Å². The van der Waals surface area contributed by atoms with Gasteiger partial charge in [-0.1, -0.05) is 24.3 Å². The van der Waals surface area contributed by atoms with Gasteiger partial charge in [-0.3, -0.25) is 9.58 Å². The molecule has 0 radical (unpaired) electrons. The van der Waals surface area contributed by atoms with E-state index >= 15 is 0 Å². The number of aliphatic carboxylic acids is 1. The molecule has 0 saturated heterocycles. The number of hydrogen-bond donors (Lipinski definition) is 2. The maximum Gasteiger partial charge on any atom is 0.490 e. The lowest BCUT2D eigenvalue weighted by atomic mass is 10.1. The molecule has 1 aliphatic heterocycles. The average Bonchev–Trinajstić information content (AvgIpc) is 3.11. The van der Waals surface area contributed by atoms with Gasteiger partial charge in [-0.05, 0) is 30.5 Å². The zero-order valence-electron chi connectivity index (χ0n) is 17.1. The van der Waals surface area contributed by atoms with Crippen LogP contribution in [0.15, 0.2) is 36.5 Å². The standard InChI is InChI=1S/C17H24N4O2S.C2HF3O2/c1-14-5-3-4-6-15(14)11-20-12-16-7-9-18-21(16)17(13-20)8-10-19-24(2,22)23;3-2(4,5)1(6)7/h3-7,9,17,19H,8,10-13H2,1-2H3;(H,6,7). The molecule has 1 unspecified atom stereocenters.